The Bertz CT molecular complexity index is 915. The van der Waals surface area contributed by atoms with E-state index in [0.717, 1.165) is 11.1 Å². The number of imide groups is 2. The minimum atomic E-state index is -0.847. The Morgan fingerprint density at radius 3 is 2.42 bits per heavy atom. The molecule has 4 amide bonds. The summed E-state index contributed by atoms with van der Waals surface area (Å²) in [6.45, 7) is 0. The first-order chi connectivity index (χ1) is 12.5. The van der Waals surface area contributed by atoms with Crippen molar-refractivity contribution in [1.29, 1.82) is 0 Å². The lowest BCUT2D eigenvalue weighted by molar-refractivity contribution is -0.123. The summed E-state index contributed by atoms with van der Waals surface area (Å²) in [5, 5.41) is 4.03. The van der Waals surface area contributed by atoms with Crippen LogP contribution in [0.15, 0.2) is 48.0 Å². The smallest absolute Gasteiger partial charge is 0.328 e. The summed E-state index contributed by atoms with van der Waals surface area (Å²) in [5.41, 5.74) is 2.00. The van der Waals surface area contributed by atoms with Crippen molar-refractivity contribution < 1.29 is 23.5 Å². The van der Waals surface area contributed by atoms with Crippen molar-refractivity contribution in [2.24, 2.45) is 0 Å². The minimum absolute atomic E-state index is 0.176. The molecule has 6 nitrogen and oxygen atoms in total. The lowest BCUT2D eigenvalue weighted by Gasteiger charge is -2.14. The lowest BCUT2D eigenvalue weighted by Crippen LogP contribution is -2.51. The van der Waals surface area contributed by atoms with Gasteiger partial charge in [-0.05, 0) is 41.0 Å². The van der Waals surface area contributed by atoms with Crippen LogP contribution in [0.5, 0.6) is 5.75 Å². The molecule has 1 aliphatic heterocycles. The number of barbiturate groups is 1. The zero-order valence-electron chi connectivity index (χ0n) is 13.8. The summed E-state index contributed by atoms with van der Waals surface area (Å²) in [4.78, 5) is 34.7. The molecule has 0 aromatic heterocycles. The van der Waals surface area contributed by atoms with Gasteiger partial charge in [0.15, 0.2) is 0 Å². The SMILES string of the molecule is COc1cc(C=C2C(=O)NC(=O)NC2=O)ccc1Cc1cccc(F)c1. The van der Waals surface area contributed by atoms with Crippen LogP contribution >= 0.6 is 0 Å². The second kappa shape index (κ2) is 7.18. The quantitative estimate of drug-likeness (QED) is 0.651. The average Bonchev–Trinajstić information content (AvgIpc) is 2.59. The third-order valence-corrected chi connectivity index (χ3v) is 3.85. The number of urea groups is 1. The van der Waals surface area contributed by atoms with E-state index in [1.165, 1.54) is 25.3 Å². The first kappa shape index (κ1) is 17.3. The van der Waals surface area contributed by atoms with Crippen molar-refractivity contribution in [1.82, 2.24) is 10.6 Å². The van der Waals surface area contributed by atoms with Crippen LogP contribution in [0.4, 0.5) is 9.18 Å². The number of benzene rings is 2. The maximum Gasteiger partial charge on any atom is 0.328 e. The van der Waals surface area contributed by atoms with Gasteiger partial charge in [0.2, 0.25) is 0 Å². The fourth-order valence-corrected chi connectivity index (χ4v) is 2.64. The molecule has 132 valence electrons. The van der Waals surface area contributed by atoms with E-state index in [2.05, 4.69) is 0 Å². The van der Waals surface area contributed by atoms with Gasteiger partial charge in [-0.1, -0.05) is 24.3 Å². The number of methoxy groups -OCH3 is 1. The summed E-state index contributed by atoms with van der Waals surface area (Å²) in [6, 6.07) is 10.6. The van der Waals surface area contributed by atoms with Gasteiger partial charge in [-0.15, -0.1) is 0 Å². The van der Waals surface area contributed by atoms with E-state index in [4.69, 9.17) is 4.74 Å². The Hall–Kier alpha value is -3.48. The van der Waals surface area contributed by atoms with Crippen molar-refractivity contribution in [3.8, 4) is 5.75 Å². The number of amides is 4. The summed E-state index contributed by atoms with van der Waals surface area (Å²) < 4.78 is 18.7. The summed E-state index contributed by atoms with van der Waals surface area (Å²) in [7, 11) is 1.50. The van der Waals surface area contributed by atoms with Crippen LogP contribution in [-0.4, -0.2) is 25.0 Å². The third-order valence-electron chi connectivity index (χ3n) is 3.85. The largest absolute Gasteiger partial charge is 0.496 e. The maximum absolute atomic E-state index is 13.3. The molecule has 7 heteroatoms. The molecular formula is C19H15FN2O4. The zero-order chi connectivity index (χ0) is 18.7. The van der Waals surface area contributed by atoms with Crippen molar-refractivity contribution in [3.63, 3.8) is 0 Å². The van der Waals surface area contributed by atoms with E-state index in [0.29, 0.717) is 17.7 Å². The molecular weight excluding hydrogens is 339 g/mol. The van der Waals surface area contributed by atoms with Gasteiger partial charge in [-0.25, -0.2) is 9.18 Å². The molecule has 2 aromatic rings. The number of rotatable bonds is 4. The fraction of sp³-hybridized carbons (Fsp3) is 0.105. The second-order valence-electron chi connectivity index (χ2n) is 5.67. The van der Waals surface area contributed by atoms with Gasteiger partial charge in [-0.2, -0.15) is 0 Å². The van der Waals surface area contributed by atoms with Crippen LogP contribution in [0.3, 0.4) is 0 Å². The highest BCUT2D eigenvalue weighted by molar-refractivity contribution is 6.31. The number of carbonyl (C=O) groups excluding carboxylic acids is 3. The van der Waals surface area contributed by atoms with Crippen LogP contribution < -0.4 is 15.4 Å². The molecule has 0 radical (unpaired) electrons. The fourth-order valence-electron chi connectivity index (χ4n) is 2.64. The number of nitrogens with one attached hydrogen (secondary N) is 2. The highest BCUT2D eigenvalue weighted by atomic mass is 19.1. The molecule has 0 saturated carbocycles. The Balaban J connectivity index is 1.89. The highest BCUT2D eigenvalue weighted by Crippen LogP contribution is 2.25. The van der Waals surface area contributed by atoms with Crippen LogP contribution in [0.2, 0.25) is 0 Å². The number of hydrogen-bond acceptors (Lipinski definition) is 4. The zero-order valence-corrected chi connectivity index (χ0v) is 13.8. The summed E-state index contributed by atoms with van der Waals surface area (Å²) in [6.07, 6.45) is 1.83. The predicted octanol–water partition coefficient (Wildman–Crippen LogP) is 2.17. The van der Waals surface area contributed by atoms with Gasteiger partial charge in [0.1, 0.15) is 17.1 Å². The summed E-state index contributed by atoms with van der Waals surface area (Å²) >= 11 is 0. The lowest BCUT2D eigenvalue weighted by atomic mass is 10.0. The molecule has 0 spiro atoms. The van der Waals surface area contributed by atoms with Crippen LogP contribution in [0.25, 0.3) is 6.08 Å². The highest BCUT2D eigenvalue weighted by Gasteiger charge is 2.27. The molecule has 0 aliphatic carbocycles. The molecule has 26 heavy (non-hydrogen) atoms. The number of ether oxygens (including phenoxy) is 1. The van der Waals surface area contributed by atoms with Gasteiger partial charge in [0, 0.05) is 6.42 Å². The normalized spacial score (nSPS) is 13.9. The molecule has 2 aromatic carbocycles. The van der Waals surface area contributed by atoms with Crippen molar-refractivity contribution in [2.75, 3.05) is 7.11 Å². The van der Waals surface area contributed by atoms with Gasteiger partial charge in [0.05, 0.1) is 7.11 Å². The summed E-state index contributed by atoms with van der Waals surface area (Å²) in [5.74, 6) is -1.30. The first-order valence-electron chi connectivity index (χ1n) is 7.76. The van der Waals surface area contributed by atoms with Crippen LogP contribution in [0, 0.1) is 5.82 Å². The maximum atomic E-state index is 13.3. The van der Waals surface area contributed by atoms with Crippen LogP contribution in [0.1, 0.15) is 16.7 Å². The molecule has 1 heterocycles. The molecule has 0 atom stereocenters. The molecule has 2 N–H and O–H groups in total. The Kier molecular flexibility index (Phi) is 4.79. The molecule has 1 aliphatic rings. The van der Waals surface area contributed by atoms with Crippen LogP contribution in [-0.2, 0) is 16.0 Å². The number of halogens is 1. The predicted molar refractivity (Wildman–Crippen MR) is 91.9 cm³/mol. The number of hydrogen-bond donors (Lipinski definition) is 2. The Morgan fingerprint density at radius 1 is 1.04 bits per heavy atom. The first-order valence-corrected chi connectivity index (χ1v) is 7.76. The Labute approximate surface area is 148 Å². The van der Waals surface area contributed by atoms with E-state index >= 15 is 0 Å². The van der Waals surface area contributed by atoms with Crippen molar-refractivity contribution in [2.45, 2.75) is 6.42 Å². The molecule has 0 bridgehead atoms. The third kappa shape index (κ3) is 3.77. The van der Waals surface area contributed by atoms with E-state index < -0.39 is 17.8 Å². The van der Waals surface area contributed by atoms with E-state index in [1.807, 2.05) is 16.7 Å². The van der Waals surface area contributed by atoms with Gasteiger partial charge >= 0.3 is 6.03 Å². The monoisotopic (exact) mass is 354 g/mol. The molecule has 1 fully saturated rings. The van der Waals surface area contributed by atoms with E-state index in [9.17, 15) is 18.8 Å². The van der Waals surface area contributed by atoms with E-state index in [-0.39, 0.29) is 11.4 Å². The van der Waals surface area contributed by atoms with Gasteiger partial charge in [0.25, 0.3) is 11.8 Å². The molecule has 0 unspecified atom stereocenters. The molecule has 3 rings (SSSR count). The minimum Gasteiger partial charge on any atom is -0.496 e. The number of carbonyl (C=O) groups is 3. The van der Waals surface area contributed by atoms with Gasteiger partial charge in [-0.3, -0.25) is 20.2 Å². The Morgan fingerprint density at radius 2 is 1.77 bits per heavy atom. The standard InChI is InChI=1S/C19H15FN2O4/c1-26-16-10-12(9-15-17(23)21-19(25)22-18(15)24)5-6-13(16)7-11-3-2-4-14(20)8-11/h2-6,8-10H,7H2,1H3,(H2,21,22,23,24,25). The van der Waals surface area contributed by atoms with Crippen molar-refractivity contribution >= 4 is 23.9 Å². The topological polar surface area (TPSA) is 84.5 Å². The van der Waals surface area contributed by atoms with Gasteiger partial charge < -0.3 is 4.74 Å². The van der Waals surface area contributed by atoms with Crippen molar-refractivity contribution in [3.05, 3.63) is 70.5 Å². The second-order valence-corrected chi connectivity index (χ2v) is 5.67. The van der Waals surface area contributed by atoms with E-state index in [1.54, 1.807) is 24.3 Å². The average molecular weight is 354 g/mol. The molecule has 1 saturated heterocycles.